The van der Waals surface area contributed by atoms with E-state index in [1.165, 1.54) is 21.4 Å². The first-order valence-corrected chi connectivity index (χ1v) is 14.2. The molecular weight excluding hydrogens is 623 g/mol. The third kappa shape index (κ3) is 6.14. The van der Waals surface area contributed by atoms with Crippen LogP contribution in [-0.4, -0.2) is 90.9 Å². The van der Waals surface area contributed by atoms with Gasteiger partial charge in [-0.25, -0.2) is 19.3 Å². The molecule has 43 heavy (non-hydrogen) atoms. The molecule has 0 radical (unpaired) electrons. The number of nitrogens with zero attached hydrogens (tertiary/aromatic N) is 7. The van der Waals surface area contributed by atoms with Crippen molar-refractivity contribution in [3.63, 3.8) is 0 Å². The Kier molecular flexibility index (Phi) is 8.31. The van der Waals surface area contributed by atoms with Crippen LogP contribution in [0.15, 0.2) is 47.3 Å². The molecule has 0 saturated carbocycles. The van der Waals surface area contributed by atoms with Crippen molar-refractivity contribution < 1.29 is 23.6 Å². The highest BCUT2D eigenvalue weighted by Gasteiger charge is 2.40. The van der Waals surface area contributed by atoms with Gasteiger partial charge in [0.1, 0.15) is 40.7 Å². The fourth-order valence-corrected chi connectivity index (χ4v) is 5.35. The maximum atomic E-state index is 14.6. The van der Waals surface area contributed by atoms with Gasteiger partial charge in [0.05, 0.1) is 12.1 Å². The molecule has 3 amide bonds. The van der Waals surface area contributed by atoms with Gasteiger partial charge in [-0.05, 0) is 52.7 Å². The van der Waals surface area contributed by atoms with E-state index in [1.54, 1.807) is 63.7 Å². The largest absolute Gasteiger partial charge is 0.345 e. The molecule has 0 spiro atoms. The van der Waals surface area contributed by atoms with E-state index in [2.05, 4.69) is 41.3 Å². The van der Waals surface area contributed by atoms with Crippen molar-refractivity contribution >= 4 is 56.2 Å². The Morgan fingerprint density at radius 1 is 1.14 bits per heavy atom. The van der Waals surface area contributed by atoms with E-state index in [4.69, 9.17) is 0 Å². The zero-order valence-electron chi connectivity index (χ0n) is 23.8. The topological polar surface area (TPSA) is 143 Å². The summed E-state index contributed by atoms with van der Waals surface area (Å²) in [4.78, 5) is 67.8. The molecule has 1 aromatic carbocycles. The van der Waals surface area contributed by atoms with Crippen LogP contribution in [0.5, 0.6) is 0 Å². The Bertz CT molecular complexity index is 1760. The van der Waals surface area contributed by atoms with Crippen LogP contribution in [0.3, 0.4) is 0 Å². The number of alkyl halides is 1. The fraction of sp³-hybridized carbons (Fsp3) is 0.310. The number of anilines is 1. The van der Waals surface area contributed by atoms with Gasteiger partial charge in [0.2, 0.25) is 11.8 Å². The minimum absolute atomic E-state index is 0.0979. The van der Waals surface area contributed by atoms with E-state index in [0.717, 1.165) is 0 Å². The van der Waals surface area contributed by atoms with Gasteiger partial charge in [-0.3, -0.25) is 23.9 Å². The number of likely N-dealkylation sites (tertiary alicyclic amines) is 1. The van der Waals surface area contributed by atoms with Gasteiger partial charge in [-0.2, -0.15) is 5.10 Å². The minimum atomic E-state index is -1.40. The lowest BCUT2D eigenvalue weighted by Crippen LogP contribution is -2.44. The van der Waals surface area contributed by atoms with Crippen LogP contribution in [0, 0.1) is 6.92 Å². The zero-order valence-corrected chi connectivity index (χ0v) is 25.4. The number of hydrogen-bond donors (Lipinski definition) is 1. The highest BCUT2D eigenvalue weighted by Crippen LogP contribution is 2.32. The Balaban J connectivity index is 1.52. The predicted molar refractivity (Wildman–Crippen MR) is 159 cm³/mol. The SMILES string of the molecule is CC(=O)c1nn(CC(=O)N2C[C@H](F)C[C@H]2C(=O)Nc2cccc(Br)n2)c2cc(C(=O)N(C)C)c(-c3cnc(C)nc3)cc12. The third-order valence-corrected chi connectivity index (χ3v) is 7.52. The number of carbonyl (C=O) groups excluding carboxylic acids is 4. The molecule has 1 saturated heterocycles. The second kappa shape index (κ2) is 12.0. The highest BCUT2D eigenvalue weighted by molar-refractivity contribution is 9.10. The van der Waals surface area contributed by atoms with E-state index >= 15 is 0 Å². The van der Waals surface area contributed by atoms with Gasteiger partial charge < -0.3 is 15.1 Å². The lowest BCUT2D eigenvalue weighted by atomic mass is 9.97. The monoisotopic (exact) mass is 650 g/mol. The number of benzene rings is 1. The Morgan fingerprint density at radius 3 is 2.51 bits per heavy atom. The molecule has 3 aromatic heterocycles. The quantitative estimate of drug-likeness (QED) is 0.237. The molecule has 0 unspecified atom stereocenters. The molecule has 14 heteroatoms. The molecule has 5 rings (SSSR count). The first kappa shape index (κ1) is 29.9. The summed E-state index contributed by atoms with van der Waals surface area (Å²) in [5, 5.41) is 7.48. The molecule has 1 fully saturated rings. The van der Waals surface area contributed by atoms with Crippen LogP contribution >= 0.6 is 15.9 Å². The molecule has 1 aliphatic heterocycles. The number of fused-ring (bicyclic) bond motifs is 1. The van der Waals surface area contributed by atoms with E-state index in [-0.39, 0.29) is 41.7 Å². The molecular formula is C29H28BrFN8O4. The number of Topliss-reactive ketones (excluding diaryl/α,β-unsaturated/α-hetero) is 1. The van der Waals surface area contributed by atoms with Crippen molar-refractivity contribution in [3.8, 4) is 11.1 Å². The summed E-state index contributed by atoms with van der Waals surface area (Å²) in [5.74, 6) is -1.00. The first-order valence-electron chi connectivity index (χ1n) is 13.4. The predicted octanol–water partition coefficient (Wildman–Crippen LogP) is 3.44. The minimum Gasteiger partial charge on any atom is -0.345 e. The molecule has 4 aromatic rings. The maximum absolute atomic E-state index is 14.6. The number of hydrogen-bond acceptors (Lipinski definition) is 8. The number of aromatic nitrogens is 5. The zero-order chi connectivity index (χ0) is 31.0. The summed E-state index contributed by atoms with van der Waals surface area (Å²) >= 11 is 3.24. The Morgan fingerprint density at radius 2 is 1.86 bits per heavy atom. The van der Waals surface area contributed by atoms with Crippen LogP contribution in [0.1, 0.15) is 40.0 Å². The average Bonchev–Trinajstić information content (AvgIpc) is 3.53. The van der Waals surface area contributed by atoms with Crippen molar-refractivity contribution in [2.45, 2.75) is 39.0 Å². The lowest BCUT2D eigenvalue weighted by Gasteiger charge is -2.23. The van der Waals surface area contributed by atoms with E-state index < -0.39 is 30.6 Å². The summed E-state index contributed by atoms with van der Waals surface area (Å²) in [6.45, 7) is 2.43. The molecule has 4 heterocycles. The molecule has 222 valence electrons. The summed E-state index contributed by atoms with van der Waals surface area (Å²) in [6.07, 6.45) is 1.61. The van der Waals surface area contributed by atoms with Crippen LogP contribution in [0.2, 0.25) is 0 Å². The number of pyridine rings is 1. The number of ketones is 1. The van der Waals surface area contributed by atoms with Crippen molar-refractivity contribution in [2.75, 3.05) is 26.0 Å². The standard InChI is InChI=1S/C29H28BrFN8O4/c1-15(40)27-21-9-19(17-11-32-16(2)33-12-17)20(29(43)37(3)4)10-22(21)39(36-27)14-26(41)38-13-18(31)8-23(38)28(42)35-25-7-5-6-24(30)34-25/h5-7,9-12,18,23H,8,13-14H2,1-4H3,(H,34,35,42)/t18-,23+/m1/s1. The Labute approximate surface area is 254 Å². The van der Waals surface area contributed by atoms with Crippen molar-refractivity contribution in [1.82, 2.24) is 34.5 Å². The average molecular weight is 651 g/mol. The Hall–Kier alpha value is -4.59. The van der Waals surface area contributed by atoms with Crippen LogP contribution in [-0.2, 0) is 16.1 Å². The van der Waals surface area contributed by atoms with Crippen LogP contribution in [0.4, 0.5) is 10.2 Å². The second-order valence-corrected chi connectivity index (χ2v) is 11.2. The maximum Gasteiger partial charge on any atom is 0.254 e. The molecule has 12 nitrogen and oxygen atoms in total. The number of amides is 3. The van der Waals surface area contributed by atoms with Gasteiger partial charge in [-0.15, -0.1) is 0 Å². The van der Waals surface area contributed by atoms with Gasteiger partial charge in [0, 0.05) is 56.3 Å². The molecule has 0 bridgehead atoms. The van der Waals surface area contributed by atoms with Gasteiger partial charge in [-0.1, -0.05) is 6.07 Å². The van der Waals surface area contributed by atoms with E-state index in [1.807, 2.05) is 0 Å². The number of halogens is 2. The number of nitrogens with one attached hydrogen (secondary N) is 1. The fourth-order valence-electron chi connectivity index (χ4n) is 5.00. The van der Waals surface area contributed by atoms with Crippen molar-refractivity contribution in [1.29, 1.82) is 0 Å². The smallest absolute Gasteiger partial charge is 0.254 e. The molecule has 2 atom stereocenters. The normalized spacial score (nSPS) is 16.4. The number of aryl methyl sites for hydroxylation is 1. The van der Waals surface area contributed by atoms with Crippen LogP contribution in [0.25, 0.3) is 22.0 Å². The van der Waals surface area contributed by atoms with E-state index in [0.29, 0.717) is 32.5 Å². The third-order valence-electron chi connectivity index (χ3n) is 7.08. The second-order valence-electron chi connectivity index (χ2n) is 10.4. The van der Waals surface area contributed by atoms with Crippen molar-refractivity contribution in [2.24, 2.45) is 0 Å². The van der Waals surface area contributed by atoms with Crippen molar-refractivity contribution in [3.05, 3.63) is 64.4 Å². The van der Waals surface area contributed by atoms with Gasteiger partial charge >= 0.3 is 0 Å². The van der Waals surface area contributed by atoms with Crippen LogP contribution < -0.4 is 5.32 Å². The first-order chi connectivity index (χ1) is 20.4. The lowest BCUT2D eigenvalue weighted by molar-refractivity contribution is -0.137. The molecule has 1 aliphatic rings. The summed E-state index contributed by atoms with van der Waals surface area (Å²) in [7, 11) is 3.22. The van der Waals surface area contributed by atoms with E-state index in [9.17, 15) is 23.6 Å². The summed E-state index contributed by atoms with van der Waals surface area (Å²) in [5.41, 5.74) is 1.81. The van der Waals surface area contributed by atoms with Gasteiger partial charge in [0.15, 0.2) is 5.78 Å². The molecule has 0 aliphatic carbocycles. The number of rotatable bonds is 7. The summed E-state index contributed by atoms with van der Waals surface area (Å²) < 4.78 is 16.4. The van der Waals surface area contributed by atoms with Gasteiger partial charge in [0.25, 0.3) is 5.91 Å². The molecule has 1 N–H and O–H groups in total. The highest BCUT2D eigenvalue weighted by atomic mass is 79.9. The summed E-state index contributed by atoms with van der Waals surface area (Å²) in [6, 6.07) is 7.13. The number of carbonyl (C=O) groups is 4.